The van der Waals surface area contributed by atoms with E-state index in [1.807, 2.05) is 43.3 Å². The first-order valence-corrected chi connectivity index (χ1v) is 8.00. The molecule has 1 amide bonds. The zero-order chi connectivity index (χ0) is 14.7. The maximum absolute atomic E-state index is 12.4. The van der Waals surface area contributed by atoms with E-state index in [1.54, 1.807) is 6.07 Å². The molecule has 2 rings (SSSR count). The summed E-state index contributed by atoms with van der Waals surface area (Å²) in [6.07, 6.45) is 0. The van der Waals surface area contributed by atoms with Crippen molar-refractivity contribution in [3.05, 3.63) is 62.5 Å². The van der Waals surface area contributed by atoms with Crippen LogP contribution < -0.4 is 5.32 Å². The summed E-state index contributed by atoms with van der Waals surface area (Å²) in [6.45, 7) is 1.88. The zero-order valence-electron chi connectivity index (χ0n) is 10.7. The molecule has 2 aromatic carbocycles. The lowest BCUT2D eigenvalue weighted by molar-refractivity contribution is 0.102. The number of para-hydroxylation sites is 1. The lowest BCUT2D eigenvalue weighted by atomic mass is 10.1. The molecule has 1 unspecified atom stereocenters. The van der Waals surface area contributed by atoms with Crippen LogP contribution in [0.1, 0.15) is 28.2 Å². The minimum atomic E-state index is -0.178. The number of carbonyl (C=O) groups excluding carboxylic acids is 1. The lowest BCUT2D eigenvalue weighted by Crippen LogP contribution is -2.14. The molecule has 104 valence electrons. The third-order valence-corrected chi connectivity index (χ3v) is 4.23. The Morgan fingerprint density at radius 2 is 1.90 bits per heavy atom. The fraction of sp³-hybridized carbons (Fsp3) is 0.133. The number of benzene rings is 2. The Morgan fingerprint density at radius 3 is 2.60 bits per heavy atom. The molecule has 0 heterocycles. The number of nitrogens with one attached hydrogen (secondary N) is 1. The molecular weight excluding hydrogens is 405 g/mol. The van der Waals surface area contributed by atoms with Gasteiger partial charge in [0.15, 0.2) is 0 Å². The van der Waals surface area contributed by atoms with Crippen LogP contribution in [-0.4, -0.2) is 5.91 Å². The van der Waals surface area contributed by atoms with Crippen molar-refractivity contribution >= 4 is 55.1 Å². The Morgan fingerprint density at radius 1 is 1.20 bits per heavy atom. The molecule has 5 heteroatoms. The first-order chi connectivity index (χ1) is 9.49. The van der Waals surface area contributed by atoms with Gasteiger partial charge in [0.2, 0.25) is 0 Å². The van der Waals surface area contributed by atoms with Gasteiger partial charge in [-0.15, -0.1) is 11.6 Å². The third kappa shape index (κ3) is 3.62. The Labute approximate surface area is 139 Å². The topological polar surface area (TPSA) is 29.1 Å². The van der Waals surface area contributed by atoms with Crippen LogP contribution in [0.5, 0.6) is 0 Å². The Balaban J connectivity index is 2.31. The van der Waals surface area contributed by atoms with E-state index in [2.05, 4.69) is 37.2 Å². The molecule has 0 spiro atoms. The van der Waals surface area contributed by atoms with E-state index < -0.39 is 0 Å². The van der Waals surface area contributed by atoms with Crippen molar-refractivity contribution in [2.75, 3.05) is 5.32 Å². The average Bonchev–Trinajstić information content (AvgIpc) is 2.41. The fourth-order valence-electron chi connectivity index (χ4n) is 1.82. The molecule has 2 nitrogen and oxygen atoms in total. The van der Waals surface area contributed by atoms with Gasteiger partial charge in [0.1, 0.15) is 0 Å². The zero-order valence-corrected chi connectivity index (χ0v) is 14.6. The van der Waals surface area contributed by atoms with Gasteiger partial charge in [-0.1, -0.05) is 34.1 Å². The highest BCUT2D eigenvalue weighted by Gasteiger charge is 2.14. The predicted octanol–water partition coefficient (Wildman–Crippen LogP) is 5.76. The second-order valence-corrected chi connectivity index (χ2v) is 6.71. The summed E-state index contributed by atoms with van der Waals surface area (Å²) < 4.78 is 1.60. The van der Waals surface area contributed by atoms with Crippen LogP contribution in [0.15, 0.2) is 51.4 Å². The van der Waals surface area contributed by atoms with Crippen molar-refractivity contribution in [2.24, 2.45) is 0 Å². The molecule has 0 radical (unpaired) electrons. The molecule has 0 aliphatic rings. The minimum absolute atomic E-state index is 0.169. The van der Waals surface area contributed by atoms with E-state index in [0.717, 1.165) is 20.2 Å². The predicted molar refractivity (Wildman–Crippen MR) is 90.5 cm³/mol. The van der Waals surface area contributed by atoms with Crippen LogP contribution in [0.25, 0.3) is 0 Å². The third-order valence-electron chi connectivity index (χ3n) is 2.81. The molecule has 1 N–H and O–H groups in total. The molecule has 0 saturated carbocycles. The Bertz CT molecular complexity index is 644. The van der Waals surface area contributed by atoms with Crippen LogP contribution >= 0.6 is 43.5 Å². The number of carbonyl (C=O) groups is 1. The number of rotatable bonds is 3. The van der Waals surface area contributed by atoms with Crippen molar-refractivity contribution < 1.29 is 4.79 Å². The highest BCUT2D eigenvalue weighted by molar-refractivity contribution is 9.11. The maximum atomic E-state index is 12.4. The lowest BCUT2D eigenvalue weighted by Gasteiger charge is -2.13. The van der Waals surface area contributed by atoms with Crippen LogP contribution in [0.3, 0.4) is 0 Å². The molecule has 0 aliphatic carbocycles. The monoisotopic (exact) mass is 415 g/mol. The van der Waals surface area contributed by atoms with E-state index in [1.165, 1.54) is 0 Å². The molecule has 0 fully saturated rings. The number of hydrogen-bond donors (Lipinski definition) is 1. The van der Waals surface area contributed by atoms with Crippen molar-refractivity contribution in [3.63, 3.8) is 0 Å². The van der Waals surface area contributed by atoms with Crippen LogP contribution in [-0.2, 0) is 0 Å². The normalized spacial score (nSPS) is 12.0. The van der Waals surface area contributed by atoms with Crippen molar-refractivity contribution in [1.82, 2.24) is 0 Å². The number of halogens is 3. The SMILES string of the molecule is CC(Cl)c1ccccc1NC(=O)c1cc(Br)ccc1Br. The number of anilines is 1. The summed E-state index contributed by atoms with van der Waals surface area (Å²) in [5, 5.41) is 2.73. The van der Waals surface area contributed by atoms with Crippen LogP contribution in [0.4, 0.5) is 5.69 Å². The summed E-state index contributed by atoms with van der Waals surface area (Å²) in [7, 11) is 0. The molecule has 0 aromatic heterocycles. The minimum Gasteiger partial charge on any atom is -0.322 e. The second kappa shape index (κ2) is 6.74. The van der Waals surface area contributed by atoms with Gasteiger partial charge in [0, 0.05) is 14.6 Å². The van der Waals surface area contributed by atoms with Gasteiger partial charge in [-0.05, 0) is 52.7 Å². The fourth-order valence-corrected chi connectivity index (χ4v) is 2.80. The second-order valence-electron chi connectivity index (χ2n) is 4.28. The van der Waals surface area contributed by atoms with Gasteiger partial charge in [0.05, 0.1) is 10.9 Å². The van der Waals surface area contributed by atoms with Gasteiger partial charge in [-0.2, -0.15) is 0 Å². The van der Waals surface area contributed by atoms with E-state index in [4.69, 9.17) is 11.6 Å². The maximum Gasteiger partial charge on any atom is 0.256 e. The molecule has 0 saturated heterocycles. The summed E-state index contributed by atoms with van der Waals surface area (Å²) in [6, 6.07) is 13.0. The largest absolute Gasteiger partial charge is 0.322 e. The summed E-state index contributed by atoms with van der Waals surface area (Å²) in [5.74, 6) is -0.178. The molecule has 20 heavy (non-hydrogen) atoms. The Kier molecular flexibility index (Phi) is 5.24. The smallest absolute Gasteiger partial charge is 0.256 e. The molecule has 1 atom stereocenters. The summed E-state index contributed by atoms with van der Waals surface area (Å²) in [5.41, 5.74) is 2.19. The first kappa shape index (κ1) is 15.5. The quantitative estimate of drug-likeness (QED) is 0.632. The van der Waals surface area contributed by atoms with Gasteiger partial charge in [0.25, 0.3) is 5.91 Å². The van der Waals surface area contributed by atoms with Crippen molar-refractivity contribution in [3.8, 4) is 0 Å². The standard InChI is InChI=1S/C15H12Br2ClNO/c1-9(18)11-4-2-3-5-14(11)19-15(20)12-8-10(16)6-7-13(12)17/h2-9H,1H3,(H,19,20). The number of amides is 1. The van der Waals surface area contributed by atoms with Gasteiger partial charge >= 0.3 is 0 Å². The highest BCUT2D eigenvalue weighted by Crippen LogP contribution is 2.28. The number of alkyl halides is 1. The molecular formula is C15H12Br2ClNO. The molecule has 2 aromatic rings. The van der Waals surface area contributed by atoms with Gasteiger partial charge in [-0.25, -0.2) is 0 Å². The van der Waals surface area contributed by atoms with Crippen LogP contribution in [0, 0.1) is 0 Å². The Hall–Kier alpha value is -0.840. The van der Waals surface area contributed by atoms with E-state index >= 15 is 0 Å². The molecule has 0 aliphatic heterocycles. The summed E-state index contributed by atoms with van der Waals surface area (Å²) in [4.78, 5) is 12.4. The summed E-state index contributed by atoms with van der Waals surface area (Å²) >= 11 is 12.9. The first-order valence-electron chi connectivity index (χ1n) is 5.98. The van der Waals surface area contributed by atoms with E-state index in [-0.39, 0.29) is 11.3 Å². The van der Waals surface area contributed by atoms with Crippen LogP contribution in [0.2, 0.25) is 0 Å². The van der Waals surface area contributed by atoms with Crippen molar-refractivity contribution in [1.29, 1.82) is 0 Å². The van der Waals surface area contributed by atoms with E-state index in [9.17, 15) is 4.79 Å². The van der Waals surface area contributed by atoms with Gasteiger partial charge in [-0.3, -0.25) is 4.79 Å². The van der Waals surface area contributed by atoms with E-state index in [0.29, 0.717) is 5.56 Å². The average molecular weight is 418 g/mol. The van der Waals surface area contributed by atoms with Gasteiger partial charge < -0.3 is 5.32 Å². The van der Waals surface area contributed by atoms with Crippen molar-refractivity contribution in [2.45, 2.75) is 12.3 Å². The number of hydrogen-bond acceptors (Lipinski definition) is 1. The highest BCUT2D eigenvalue weighted by atomic mass is 79.9. The molecule has 0 bridgehead atoms.